The lowest BCUT2D eigenvalue weighted by Crippen LogP contribution is -2.45. The predicted molar refractivity (Wildman–Crippen MR) is 79.2 cm³/mol. The first-order valence-corrected chi connectivity index (χ1v) is 6.88. The van der Waals surface area contributed by atoms with Gasteiger partial charge in [-0.25, -0.2) is 9.37 Å². The SMILES string of the molecule is CC(C(=O)Nc1ccc(F)cn1)N1C(=O)c2ccccc2C1=O. The number of pyridine rings is 1. The summed E-state index contributed by atoms with van der Waals surface area (Å²) in [6.45, 7) is 1.44. The molecule has 2 heterocycles. The lowest BCUT2D eigenvalue weighted by molar-refractivity contribution is -0.119. The summed E-state index contributed by atoms with van der Waals surface area (Å²) in [5, 5.41) is 2.45. The second-order valence-corrected chi connectivity index (χ2v) is 5.05. The number of imide groups is 1. The summed E-state index contributed by atoms with van der Waals surface area (Å²) in [6.07, 6.45) is 0.961. The van der Waals surface area contributed by atoms with Crippen molar-refractivity contribution >= 4 is 23.5 Å². The number of rotatable bonds is 3. The maximum atomic E-state index is 12.8. The molecule has 0 spiro atoms. The van der Waals surface area contributed by atoms with E-state index in [2.05, 4.69) is 10.3 Å². The largest absolute Gasteiger partial charge is 0.309 e. The van der Waals surface area contributed by atoms with E-state index in [1.54, 1.807) is 24.3 Å². The van der Waals surface area contributed by atoms with Crippen molar-refractivity contribution < 1.29 is 18.8 Å². The Morgan fingerprint density at radius 3 is 2.26 bits per heavy atom. The highest BCUT2D eigenvalue weighted by Crippen LogP contribution is 2.24. The van der Waals surface area contributed by atoms with Gasteiger partial charge in [-0.15, -0.1) is 0 Å². The van der Waals surface area contributed by atoms with Gasteiger partial charge in [0.15, 0.2) is 0 Å². The number of benzene rings is 1. The number of fused-ring (bicyclic) bond motifs is 1. The van der Waals surface area contributed by atoms with E-state index in [9.17, 15) is 18.8 Å². The van der Waals surface area contributed by atoms with Gasteiger partial charge >= 0.3 is 0 Å². The molecule has 3 amide bonds. The van der Waals surface area contributed by atoms with Crippen LogP contribution < -0.4 is 5.32 Å². The van der Waals surface area contributed by atoms with Gasteiger partial charge in [0.25, 0.3) is 11.8 Å². The predicted octanol–water partition coefficient (Wildman–Crippen LogP) is 1.84. The zero-order chi connectivity index (χ0) is 16.6. The van der Waals surface area contributed by atoms with Crippen molar-refractivity contribution in [3.05, 3.63) is 59.5 Å². The first kappa shape index (κ1) is 14.8. The van der Waals surface area contributed by atoms with Crippen molar-refractivity contribution in [2.75, 3.05) is 5.32 Å². The molecular weight excluding hydrogens is 301 g/mol. The van der Waals surface area contributed by atoms with Gasteiger partial charge < -0.3 is 5.32 Å². The monoisotopic (exact) mass is 313 g/mol. The van der Waals surface area contributed by atoms with Gasteiger partial charge in [0.05, 0.1) is 17.3 Å². The molecule has 2 aromatic rings. The average molecular weight is 313 g/mol. The van der Waals surface area contributed by atoms with E-state index >= 15 is 0 Å². The third-order valence-corrected chi connectivity index (χ3v) is 3.57. The number of carbonyl (C=O) groups is 3. The minimum atomic E-state index is -1.02. The third kappa shape index (κ3) is 2.57. The fraction of sp³-hybridized carbons (Fsp3) is 0.125. The summed E-state index contributed by atoms with van der Waals surface area (Å²) in [5.41, 5.74) is 0.550. The molecule has 7 heteroatoms. The van der Waals surface area contributed by atoms with E-state index in [4.69, 9.17) is 0 Å². The number of hydrogen-bond donors (Lipinski definition) is 1. The number of anilines is 1. The minimum absolute atomic E-state index is 0.139. The molecule has 0 aliphatic carbocycles. The molecule has 116 valence electrons. The Bertz CT molecular complexity index is 769. The summed E-state index contributed by atoms with van der Waals surface area (Å²) in [5.74, 6) is -2.00. The number of carbonyl (C=O) groups excluding carboxylic acids is 3. The second kappa shape index (κ2) is 5.60. The zero-order valence-electron chi connectivity index (χ0n) is 12.1. The highest BCUT2D eigenvalue weighted by Gasteiger charge is 2.40. The molecule has 1 aliphatic heterocycles. The highest BCUT2D eigenvalue weighted by molar-refractivity contribution is 6.23. The smallest absolute Gasteiger partial charge is 0.262 e. The quantitative estimate of drug-likeness (QED) is 0.877. The van der Waals surface area contributed by atoms with Crippen LogP contribution in [-0.2, 0) is 4.79 Å². The van der Waals surface area contributed by atoms with Gasteiger partial charge in [0, 0.05) is 0 Å². The van der Waals surface area contributed by atoms with Crippen molar-refractivity contribution in [1.29, 1.82) is 0 Å². The van der Waals surface area contributed by atoms with Crippen molar-refractivity contribution in [2.45, 2.75) is 13.0 Å². The third-order valence-electron chi connectivity index (χ3n) is 3.57. The van der Waals surface area contributed by atoms with Crippen LogP contribution in [0.5, 0.6) is 0 Å². The first-order chi connectivity index (χ1) is 11.0. The Hall–Kier alpha value is -3.09. The zero-order valence-corrected chi connectivity index (χ0v) is 12.1. The number of hydrogen-bond acceptors (Lipinski definition) is 4. The summed E-state index contributed by atoms with van der Waals surface area (Å²) >= 11 is 0. The molecule has 1 aromatic heterocycles. The van der Waals surface area contributed by atoms with E-state index in [1.807, 2.05) is 0 Å². The van der Waals surface area contributed by atoms with Gasteiger partial charge in [-0.05, 0) is 31.2 Å². The summed E-state index contributed by atoms with van der Waals surface area (Å²) in [4.78, 5) is 41.5. The standard InChI is InChI=1S/C16H12FN3O3/c1-9(14(21)19-13-7-6-10(17)8-18-13)20-15(22)11-4-2-3-5-12(11)16(20)23/h2-9H,1H3,(H,18,19,21). The maximum absolute atomic E-state index is 12.8. The highest BCUT2D eigenvalue weighted by atomic mass is 19.1. The fourth-order valence-corrected chi connectivity index (χ4v) is 2.36. The Morgan fingerprint density at radius 1 is 1.13 bits per heavy atom. The Kier molecular flexibility index (Phi) is 3.61. The molecule has 1 aromatic carbocycles. The van der Waals surface area contributed by atoms with Crippen molar-refractivity contribution in [1.82, 2.24) is 9.88 Å². The lowest BCUT2D eigenvalue weighted by Gasteiger charge is -2.21. The molecular formula is C16H12FN3O3. The Balaban J connectivity index is 1.79. The fourth-order valence-electron chi connectivity index (χ4n) is 2.36. The number of aromatic nitrogens is 1. The topological polar surface area (TPSA) is 79.4 Å². The van der Waals surface area contributed by atoms with Gasteiger partial charge in [-0.3, -0.25) is 19.3 Å². The molecule has 1 atom stereocenters. The molecule has 1 N–H and O–H groups in total. The molecule has 0 radical (unpaired) electrons. The van der Waals surface area contributed by atoms with Gasteiger partial charge in [0.2, 0.25) is 5.91 Å². The molecule has 3 rings (SSSR count). The van der Waals surface area contributed by atoms with Crippen LogP contribution in [0.4, 0.5) is 10.2 Å². The minimum Gasteiger partial charge on any atom is -0.309 e. The van der Waals surface area contributed by atoms with Crippen LogP contribution in [0.15, 0.2) is 42.6 Å². The van der Waals surface area contributed by atoms with Crippen molar-refractivity contribution in [3.8, 4) is 0 Å². The van der Waals surface area contributed by atoms with Gasteiger partial charge in [-0.1, -0.05) is 12.1 Å². The van der Waals surface area contributed by atoms with Crippen LogP contribution in [0.25, 0.3) is 0 Å². The first-order valence-electron chi connectivity index (χ1n) is 6.88. The normalized spacial score (nSPS) is 14.6. The Morgan fingerprint density at radius 2 is 1.74 bits per heavy atom. The molecule has 0 saturated carbocycles. The molecule has 6 nitrogen and oxygen atoms in total. The second-order valence-electron chi connectivity index (χ2n) is 5.05. The van der Waals surface area contributed by atoms with E-state index in [0.717, 1.165) is 17.2 Å². The van der Waals surface area contributed by atoms with Crippen LogP contribution in [0, 0.1) is 5.82 Å². The molecule has 23 heavy (non-hydrogen) atoms. The number of nitrogens with one attached hydrogen (secondary N) is 1. The van der Waals surface area contributed by atoms with E-state index in [1.165, 1.54) is 13.0 Å². The van der Waals surface area contributed by atoms with Crippen LogP contribution in [0.3, 0.4) is 0 Å². The summed E-state index contributed by atoms with van der Waals surface area (Å²) in [6, 6.07) is 7.82. The number of amides is 3. The van der Waals surface area contributed by atoms with Crippen LogP contribution in [0.2, 0.25) is 0 Å². The number of halogens is 1. The van der Waals surface area contributed by atoms with E-state index < -0.39 is 29.6 Å². The molecule has 0 bridgehead atoms. The van der Waals surface area contributed by atoms with Crippen LogP contribution >= 0.6 is 0 Å². The molecule has 0 saturated heterocycles. The van der Waals surface area contributed by atoms with Crippen molar-refractivity contribution in [2.24, 2.45) is 0 Å². The molecule has 1 aliphatic rings. The lowest BCUT2D eigenvalue weighted by atomic mass is 10.1. The molecule has 1 unspecified atom stereocenters. The Labute approximate surface area is 130 Å². The molecule has 0 fully saturated rings. The van der Waals surface area contributed by atoms with E-state index in [-0.39, 0.29) is 16.9 Å². The van der Waals surface area contributed by atoms with E-state index in [0.29, 0.717) is 0 Å². The van der Waals surface area contributed by atoms with Crippen molar-refractivity contribution in [3.63, 3.8) is 0 Å². The summed E-state index contributed by atoms with van der Waals surface area (Å²) < 4.78 is 12.8. The average Bonchev–Trinajstić information content (AvgIpc) is 2.81. The van der Waals surface area contributed by atoms with Crippen LogP contribution in [-0.4, -0.2) is 33.6 Å². The van der Waals surface area contributed by atoms with Crippen LogP contribution in [0.1, 0.15) is 27.6 Å². The maximum Gasteiger partial charge on any atom is 0.262 e. The summed E-state index contributed by atoms with van der Waals surface area (Å²) in [7, 11) is 0. The van der Waals surface area contributed by atoms with Gasteiger partial charge in [-0.2, -0.15) is 0 Å². The number of nitrogens with zero attached hydrogens (tertiary/aromatic N) is 2. The van der Waals surface area contributed by atoms with Gasteiger partial charge in [0.1, 0.15) is 17.7 Å².